The Labute approximate surface area is 107 Å². The fourth-order valence-electron chi connectivity index (χ4n) is 1.40. The highest BCUT2D eigenvalue weighted by Gasteiger charge is 2.10. The highest BCUT2D eigenvalue weighted by Crippen LogP contribution is 2.11. The van der Waals surface area contributed by atoms with Gasteiger partial charge in [-0.1, -0.05) is 0 Å². The van der Waals surface area contributed by atoms with Gasteiger partial charge in [-0.3, -0.25) is 4.79 Å². The van der Waals surface area contributed by atoms with Crippen LogP contribution in [0, 0.1) is 0 Å². The highest BCUT2D eigenvalue weighted by atomic mass is 16.5. The Kier molecular flexibility index (Phi) is 6.14. The third-order valence-corrected chi connectivity index (χ3v) is 2.31. The van der Waals surface area contributed by atoms with Crippen LogP contribution in [0.1, 0.15) is 37.2 Å². The first kappa shape index (κ1) is 14.4. The van der Waals surface area contributed by atoms with Crippen LogP contribution in [-0.4, -0.2) is 35.3 Å². The lowest BCUT2D eigenvalue weighted by atomic mass is 10.3. The minimum absolute atomic E-state index is 0.0657. The summed E-state index contributed by atoms with van der Waals surface area (Å²) in [5, 5.41) is 12.2. The van der Waals surface area contributed by atoms with Crippen molar-refractivity contribution in [2.45, 2.75) is 32.8 Å². The zero-order valence-electron chi connectivity index (χ0n) is 10.8. The molecule has 2 N–H and O–H groups in total. The Morgan fingerprint density at radius 3 is 2.94 bits per heavy atom. The Bertz CT molecular complexity index is 380. The van der Waals surface area contributed by atoms with Crippen molar-refractivity contribution in [1.82, 2.24) is 10.3 Å². The molecule has 1 heterocycles. The third kappa shape index (κ3) is 5.14. The van der Waals surface area contributed by atoms with Gasteiger partial charge in [0.2, 0.25) is 0 Å². The van der Waals surface area contributed by atoms with Crippen LogP contribution in [0.15, 0.2) is 18.3 Å². The predicted molar refractivity (Wildman–Crippen MR) is 68.6 cm³/mol. The van der Waals surface area contributed by atoms with Crippen molar-refractivity contribution in [3.05, 3.63) is 24.0 Å². The van der Waals surface area contributed by atoms with E-state index >= 15 is 0 Å². The normalized spacial score (nSPS) is 10.6. The molecule has 0 unspecified atom stereocenters. The molecule has 5 nitrogen and oxygen atoms in total. The fourth-order valence-corrected chi connectivity index (χ4v) is 1.40. The van der Waals surface area contributed by atoms with Gasteiger partial charge in [-0.25, -0.2) is 4.98 Å². The molecule has 1 amide bonds. The maximum atomic E-state index is 11.6. The van der Waals surface area contributed by atoms with Crippen molar-refractivity contribution in [2.75, 3.05) is 13.2 Å². The van der Waals surface area contributed by atoms with E-state index in [2.05, 4.69) is 10.3 Å². The van der Waals surface area contributed by atoms with E-state index in [-0.39, 0.29) is 23.5 Å². The van der Waals surface area contributed by atoms with Gasteiger partial charge in [-0.05, 0) is 38.8 Å². The fraction of sp³-hybridized carbons (Fsp3) is 0.538. The number of nitrogens with zero attached hydrogens (tertiary/aromatic N) is 1. The van der Waals surface area contributed by atoms with Crippen molar-refractivity contribution < 1.29 is 14.6 Å². The molecule has 1 aromatic heterocycles. The molecular weight excluding hydrogens is 232 g/mol. The molecule has 0 spiro atoms. The monoisotopic (exact) mass is 252 g/mol. The first-order valence-corrected chi connectivity index (χ1v) is 6.15. The van der Waals surface area contributed by atoms with Gasteiger partial charge in [-0.2, -0.15) is 0 Å². The molecule has 0 aliphatic heterocycles. The zero-order chi connectivity index (χ0) is 13.4. The van der Waals surface area contributed by atoms with E-state index in [0.29, 0.717) is 13.2 Å². The van der Waals surface area contributed by atoms with E-state index in [9.17, 15) is 9.90 Å². The van der Waals surface area contributed by atoms with Crippen molar-refractivity contribution in [3.63, 3.8) is 0 Å². The van der Waals surface area contributed by atoms with Crippen LogP contribution < -0.4 is 5.32 Å². The lowest BCUT2D eigenvalue weighted by Crippen LogP contribution is -2.25. The second-order valence-corrected chi connectivity index (χ2v) is 4.25. The molecule has 0 aliphatic carbocycles. The van der Waals surface area contributed by atoms with Crippen LogP contribution in [0.2, 0.25) is 0 Å². The molecule has 1 aromatic rings. The van der Waals surface area contributed by atoms with Gasteiger partial charge in [0.1, 0.15) is 5.75 Å². The van der Waals surface area contributed by atoms with Crippen LogP contribution >= 0.6 is 0 Å². The lowest BCUT2D eigenvalue weighted by Gasteiger charge is -2.08. The number of carbonyl (C=O) groups excluding carboxylic acids is 1. The largest absolute Gasteiger partial charge is 0.505 e. The zero-order valence-corrected chi connectivity index (χ0v) is 10.8. The molecule has 0 saturated carbocycles. The molecule has 0 saturated heterocycles. The Morgan fingerprint density at radius 1 is 1.50 bits per heavy atom. The molecule has 0 fully saturated rings. The Balaban J connectivity index is 2.20. The average Bonchev–Trinajstić information content (AvgIpc) is 2.33. The second kappa shape index (κ2) is 7.66. The molecule has 0 aromatic carbocycles. The molecule has 18 heavy (non-hydrogen) atoms. The number of unbranched alkanes of at least 4 members (excludes halogenated alkanes) is 1. The first-order valence-electron chi connectivity index (χ1n) is 6.15. The van der Waals surface area contributed by atoms with Gasteiger partial charge >= 0.3 is 0 Å². The maximum Gasteiger partial charge on any atom is 0.273 e. The van der Waals surface area contributed by atoms with E-state index in [1.165, 1.54) is 12.3 Å². The van der Waals surface area contributed by atoms with Gasteiger partial charge < -0.3 is 15.2 Å². The number of nitrogens with one attached hydrogen (secondary N) is 1. The molecule has 0 aliphatic rings. The molecule has 0 radical (unpaired) electrons. The SMILES string of the molecule is CC(C)OCCCCNC(=O)c1ncccc1O. The van der Waals surface area contributed by atoms with Crippen molar-refractivity contribution >= 4 is 5.91 Å². The molecule has 0 atom stereocenters. The minimum Gasteiger partial charge on any atom is -0.505 e. The summed E-state index contributed by atoms with van der Waals surface area (Å²) in [7, 11) is 0. The number of hydrogen-bond acceptors (Lipinski definition) is 4. The van der Waals surface area contributed by atoms with E-state index in [1.54, 1.807) is 6.07 Å². The van der Waals surface area contributed by atoms with Crippen molar-refractivity contribution in [3.8, 4) is 5.75 Å². The first-order chi connectivity index (χ1) is 8.61. The molecular formula is C13H20N2O3. The lowest BCUT2D eigenvalue weighted by molar-refractivity contribution is 0.0754. The van der Waals surface area contributed by atoms with Crippen molar-refractivity contribution in [2.24, 2.45) is 0 Å². The van der Waals surface area contributed by atoms with E-state index in [4.69, 9.17) is 4.74 Å². The van der Waals surface area contributed by atoms with Crippen LogP contribution in [0.5, 0.6) is 5.75 Å². The summed E-state index contributed by atoms with van der Waals surface area (Å²) in [5.74, 6) is -0.448. The summed E-state index contributed by atoms with van der Waals surface area (Å²) >= 11 is 0. The summed E-state index contributed by atoms with van der Waals surface area (Å²) < 4.78 is 5.39. The second-order valence-electron chi connectivity index (χ2n) is 4.25. The summed E-state index contributed by atoms with van der Waals surface area (Å²) in [5.41, 5.74) is 0.0657. The molecule has 0 bridgehead atoms. The standard InChI is InChI=1S/C13H20N2O3/c1-10(2)18-9-4-3-7-15-13(17)12-11(16)6-5-8-14-12/h5-6,8,10,16H,3-4,7,9H2,1-2H3,(H,15,17). The Hall–Kier alpha value is -1.62. The van der Waals surface area contributed by atoms with Crippen LogP contribution in [0.25, 0.3) is 0 Å². The summed E-state index contributed by atoms with van der Waals surface area (Å²) in [4.78, 5) is 15.5. The number of rotatable bonds is 7. The molecule has 1 rings (SSSR count). The van der Waals surface area contributed by atoms with Gasteiger partial charge in [-0.15, -0.1) is 0 Å². The van der Waals surface area contributed by atoms with Crippen molar-refractivity contribution in [1.29, 1.82) is 0 Å². The predicted octanol–water partition coefficient (Wildman–Crippen LogP) is 1.72. The molecule has 5 heteroatoms. The van der Waals surface area contributed by atoms with Gasteiger partial charge in [0.05, 0.1) is 6.10 Å². The number of amides is 1. The summed E-state index contributed by atoms with van der Waals surface area (Å²) in [6, 6.07) is 3.02. The van der Waals surface area contributed by atoms with Crippen LogP contribution in [0.3, 0.4) is 0 Å². The number of hydrogen-bond donors (Lipinski definition) is 2. The number of carbonyl (C=O) groups is 1. The number of aromatic hydroxyl groups is 1. The number of ether oxygens (including phenoxy) is 1. The van der Waals surface area contributed by atoms with Gasteiger partial charge in [0.15, 0.2) is 5.69 Å². The van der Waals surface area contributed by atoms with Crippen LogP contribution in [0.4, 0.5) is 0 Å². The number of pyridine rings is 1. The topological polar surface area (TPSA) is 71.5 Å². The van der Waals surface area contributed by atoms with Gasteiger partial charge in [0, 0.05) is 19.3 Å². The quantitative estimate of drug-likeness (QED) is 0.725. The average molecular weight is 252 g/mol. The van der Waals surface area contributed by atoms with E-state index in [0.717, 1.165) is 12.8 Å². The Morgan fingerprint density at radius 2 is 2.28 bits per heavy atom. The maximum absolute atomic E-state index is 11.6. The summed E-state index contributed by atoms with van der Waals surface area (Å²) in [6.07, 6.45) is 3.45. The number of aromatic nitrogens is 1. The van der Waals surface area contributed by atoms with E-state index in [1.807, 2.05) is 13.8 Å². The molecule has 100 valence electrons. The smallest absolute Gasteiger partial charge is 0.273 e. The summed E-state index contributed by atoms with van der Waals surface area (Å²) in [6.45, 7) is 5.23. The third-order valence-electron chi connectivity index (χ3n) is 2.31. The van der Waals surface area contributed by atoms with Gasteiger partial charge in [0.25, 0.3) is 5.91 Å². The van der Waals surface area contributed by atoms with E-state index < -0.39 is 0 Å². The highest BCUT2D eigenvalue weighted by molar-refractivity contribution is 5.94. The minimum atomic E-state index is -0.349. The van der Waals surface area contributed by atoms with Crippen LogP contribution in [-0.2, 0) is 4.74 Å².